The van der Waals surface area contributed by atoms with Gasteiger partial charge in [-0.15, -0.1) is 0 Å². The molecule has 0 heterocycles. The molecule has 5 nitrogen and oxygen atoms in total. The van der Waals surface area contributed by atoms with Gasteiger partial charge in [-0.2, -0.15) is 0 Å². The van der Waals surface area contributed by atoms with Crippen molar-refractivity contribution in [3.8, 4) is 0 Å². The number of carbonyl (C=O) groups is 2. The van der Waals surface area contributed by atoms with Crippen molar-refractivity contribution >= 4 is 27.9 Å². The first kappa shape index (κ1) is 14.7. The van der Waals surface area contributed by atoms with Crippen LogP contribution in [-0.4, -0.2) is 32.8 Å². The molecule has 0 aliphatic heterocycles. The number of ether oxygens (including phenoxy) is 3. The van der Waals surface area contributed by atoms with Gasteiger partial charge < -0.3 is 14.2 Å². The number of rotatable bonds is 5. The Kier molecular flexibility index (Phi) is 5.80. The molecule has 18 heavy (non-hydrogen) atoms. The zero-order valence-corrected chi connectivity index (χ0v) is 11.7. The highest BCUT2D eigenvalue weighted by atomic mass is 79.9. The molecule has 0 fully saturated rings. The van der Waals surface area contributed by atoms with E-state index in [0.29, 0.717) is 11.1 Å². The summed E-state index contributed by atoms with van der Waals surface area (Å²) in [5.74, 6) is -0.922. The maximum Gasteiger partial charge on any atom is 0.338 e. The number of hydrogen-bond donors (Lipinski definition) is 0. The van der Waals surface area contributed by atoms with Crippen molar-refractivity contribution in [2.24, 2.45) is 0 Å². The summed E-state index contributed by atoms with van der Waals surface area (Å²) in [4.78, 5) is 22.5. The van der Waals surface area contributed by atoms with Gasteiger partial charge in [-0.25, -0.2) is 9.59 Å². The Bertz CT molecular complexity index is 444. The quantitative estimate of drug-likeness (QED) is 0.777. The predicted molar refractivity (Wildman–Crippen MR) is 67.2 cm³/mol. The highest BCUT2D eigenvalue weighted by Crippen LogP contribution is 2.22. The molecule has 0 unspecified atom stereocenters. The van der Waals surface area contributed by atoms with Crippen LogP contribution in [-0.2, 0) is 25.6 Å². The second-order valence-electron chi connectivity index (χ2n) is 3.33. The van der Waals surface area contributed by atoms with Crippen molar-refractivity contribution in [1.82, 2.24) is 0 Å². The van der Waals surface area contributed by atoms with Crippen molar-refractivity contribution < 1.29 is 23.8 Å². The number of hydrogen-bond acceptors (Lipinski definition) is 5. The average Bonchev–Trinajstić information content (AvgIpc) is 2.39. The van der Waals surface area contributed by atoms with E-state index >= 15 is 0 Å². The van der Waals surface area contributed by atoms with Crippen molar-refractivity contribution in [3.63, 3.8) is 0 Å². The fourth-order valence-electron chi connectivity index (χ4n) is 1.30. The van der Waals surface area contributed by atoms with Gasteiger partial charge in [-0.1, -0.05) is 22.0 Å². The monoisotopic (exact) mass is 316 g/mol. The van der Waals surface area contributed by atoms with Crippen LogP contribution in [0, 0.1) is 0 Å². The van der Waals surface area contributed by atoms with Gasteiger partial charge in [-0.3, -0.25) is 0 Å². The van der Waals surface area contributed by atoms with E-state index in [4.69, 9.17) is 4.74 Å². The molecular formula is C12H13BrO5. The molecule has 0 aliphatic carbocycles. The van der Waals surface area contributed by atoms with Crippen LogP contribution < -0.4 is 0 Å². The third kappa shape index (κ3) is 3.82. The zero-order valence-electron chi connectivity index (χ0n) is 10.1. The maximum absolute atomic E-state index is 11.5. The second kappa shape index (κ2) is 7.13. The molecule has 0 atom stereocenters. The number of halogens is 1. The maximum atomic E-state index is 11.5. The fraction of sp³-hybridized carbons (Fsp3) is 0.333. The molecule has 0 radical (unpaired) electrons. The van der Waals surface area contributed by atoms with E-state index in [1.54, 1.807) is 18.2 Å². The summed E-state index contributed by atoms with van der Waals surface area (Å²) < 4.78 is 15.0. The van der Waals surface area contributed by atoms with E-state index < -0.39 is 11.9 Å². The molecule has 1 aromatic carbocycles. The van der Waals surface area contributed by atoms with E-state index in [1.165, 1.54) is 14.2 Å². The molecular weight excluding hydrogens is 304 g/mol. The van der Waals surface area contributed by atoms with Crippen molar-refractivity contribution in [2.45, 2.75) is 6.61 Å². The molecule has 0 saturated heterocycles. The summed E-state index contributed by atoms with van der Waals surface area (Å²) in [5, 5.41) is 0. The van der Waals surface area contributed by atoms with E-state index in [9.17, 15) is 9.59 Å². The Hall–Kier alpha value is -1.40. The average molecular weight is 317 g/mol. The Balaban J connectivity index is 2.80. The van der Waals surface area contributed by atoms with Gasteiger partial charge in [0.25, 0.3) is 0 Å². The molecule has 0 amide bonds. The summed E-state index contributed by atoms with van der Waals surface area (Å²) in [6.45, 7) is -0.0561. The lowest BCUT2D eigenvalue weighted by Gasteiger charge is -2.10. The normalized spacial score (nSPS) is 9.94. The first-order valence-electron chi connectivity index (χ1n) is 5.10. The van der Waals surface area contributed by atoms with Crippen LogP contribution in [0.2, 0.25) is 0 Å². The summed E-state index contributed by atoms with van der Waals surface area (Å²) in [6.07, 6.45) is 0. The fourth-order valence-corrected chi connectivity index (χ4v) is 1.78. The number of esters is 2. The Morgan fingerprint density at radius 2 is 1.94 bits per heavy atom. The van der Waals surface area contributed by atoms with Gasteiger partial charge in [0.05, 0.1) is 26.4 Å². The first-order chi connectivity index (χ1) is 8.60. The predicted octanol–water partition coefficient (Wildman–Crippen LogP) is 1.93. The number of methoxy groups -OCH3 is 2. The van der Waals surface area contributed by atoms with E-state index in [-0.39, 0.29) is 13.2 Å². The van der Waals surface area contributed by atoms with Gasteiger partial charge in [0.1, 0.15) is 6.61 Å². The first-order valence-corrected chi connectivity index (χ1v) is 5.89. The van der Waals surface area contributed by atoms with Crippen molar-refractivity contribution in [3.05, 3.63) is 33.8 Å². The van der Waals surface area contributed by atoms with Crippen LogP contribution in [0.4, 0.5) is 0 Å². The summed E-state index contributed by atoms with van der Waals surface area (Å²) >= 11 is 3.32. The van der Waals surface area contributed by atoms with E-state index in [0.717, 1.165) is 4.47 Å². The second-order valence-corrected chi connectivity index (χ2v) is 4.18. The van der Waals surface area contributed by atoms with Gasteiger partial charge in [0, 0.05) is 10.0 Å². The van der Waals surface area contributed by atoms with E-state index in [1.807, 2.05) is 0 Å². The van der Waals surface area contributed by atoms with E-state index in [2.05, 4.69) is 25.4 Å². The molecule has 1 rings (SSSR count). The summed E-state index contributed by atoms with van der Waals surface area (Å²) in [6, 6.07) is 5.14. The third-order valence-corrected chi connectivity index (χ3v) is 2.96. The molecule has 0 bridgehead atoms. The Labute approximate surface area is 113 Å². The van der Waals surface area contributed by atoms with Crippen LogP contribution in [0.3, 0.4) is 0 Å². The highest BCUT2D eigenvalue weighted by Gasteiger charge is 2.14. The summed E-state index contributed by atoms with van der Waals surface area (Å²) in [7, 11) is 2.59. The largest absolute Gasteiger partial charge is 0.467 e. The lowest BCUT2D eigenvalue weighted by atomic mass is 10.1. The number of benzene rings is 1. The minimum Gasteiger partial charge on any atom is -0.467 e. The van der Waals surface area contributed by atoms with Crippen LogP contribution in [0.1, 0.15) is 15.9 Å². The Morgan fingerprint density at radius 1 is 1.22 bits per heavy atom. The van der Waals surface area contributed by atoms with Crippen LogP contribution >= 0.6 is 15.9 Å². The van der Waals surface area contributed by atoms with Gasteiger partial charge in [0.15, 0.2) is 0 Å². The molecule has 98 valence electrons. The highest BCUT2D eigenvalue weighted by molar-refractivity contribution is 9.10. The minimum absolute atomic E-state index is 0.112. The third-order valence-electron chi connectivity index (χ3n) is 2.22. The molecule has 0 N–H and O–H groups in total. The van der Waals surface area contributed by atoms with Gasteiger partial charge in [-0.05, 0) is 12.1 Å². The van der Waals surface area contributed by atoms with Crippen LogP contribution in [0.5, 0.6) is 0 Å². The number of carbonyl (C=O) groups excluding carboxylic acids is 2. The molecule has 0 aliphatic rings. The Morgan fingerprint density at radius 3 is 2.56 bits per heavy atom. The van der Waals surface area contributed by atoms with Gasteiger partial charge >= 0.3 is 11.9 Å². The SMILES string of the molecule is COC(=O)COCc1c(Br)cccc1C(=O)OC. The van der Waals surface area contributed by atoms with Crippen molar-refractivity contribution in [2.75, 3.05) is 20.8 Å². The molecule has 6 heteroatoms. The van der Waals surface area contributed by atoms with Crippen molar-refractivity contribution in [1.29, 1.82) is 0 Å². The van der Waals surface area contributed by atoms with Gasteiger partial charge in [0.2, 0.25) is 0 Å². The lowest BCUT2D eigenvalue weighted by molar-refractivity contribution is -0.146. The lowest BCUT2D eigenvalue weighted by Crippen LogP contribution is -2.12. The van der Waals surface area contributed by atoms with Crippen LogP contribution in [0.25, 0.3) is 0 Å². The van der Waals surface area contributed by atoms with Crippen LogP contribution in [0.15, 0.2) is 22.7 Å². The molecule has 1 aromatic rings. The smallest absolute Gasteiger partial charge is 0.338 e. The molecule has 0 saturated carbocycles. The topological polar surface area (TPSA) is 61.8 Å². The molecule has 0 aromatic heterocycles. The summed E-state index contributed by atoms with van der Waals surface area (Å²) in [5.41, 5.74) is 1.03. The zero-order chi connectivity index (χ0) is 13.5. The molecule has 0 spiro atoms. The standard InChI is InChI=1S/C12H13BrO5/c1-16-11(14)7-18-6-9-8(12(15)17-2)4-3-5-10(9)13/h3-5H,6-7H2,1-2H3. The minimum atomic E-state index is -0.471.